The summed E-state index contributed by atoms with van der Waals surface area (Å²) in [6.45, 7) is 5.88. The molecule has 1 amide bonds. The number of amides is 1. The van der Waals surface area contributed by atoms with Gasteiger partial charge in [-0.05, 0) is 50.7 Å². The van der Waals surface area contributed by atoms with Crippen LogP contribution in [0.1, 0.15) is 56.0 Å². The van der Waals surface area contributed by atoms with Crippen LogP contribution >= 0.6 is 11.6 Å². The zero-order chi connectivity index (χ0) is 13.3. The molecule has 3 heteroatoms. The van der Waals surface area contributed by atoms with Gasteiger partial charge in [0.2, 0.25) is 5.91 Å². The first-order valence-electron chi connectivity index (χ1n) is 6.43. The largest absolute Gasteiger partial charge is 0.350 e. The second kappa shape index (κ2) is 4.93. The first kappa shape index (κ1) is 13.4. The third-order valence-electron chi connectivity index (χ3n) is 3.01. The van der Waals surface area contributed by atoms with Gasteiger partial charge in [-0.25, -0.2) is 0 Å². The standard InChI is InChI=1S/C15H20ClNO/c1-15(2,3)17-14(18)13(16)12-7-5-4-6-11(12)10-8-9-10/h4-7,10,13H,8-9H2,1-3H3,(H,17,18). The maximum Gasteiger partial charge on any atom is 0.243 e. The molecule has 1 aliphatic rings. The number of alkyl halides is 1. The third-order valence-corrected chi connectivity index (χ3v) is 3.45. The summed E-state index contributed by atoms with van der Waals surface area (Å²) < 4.78 is 0. The van der Waals surface area contributed by atoms with E-state index in [9.17, 15) is 4.79 Å². The van der Waals surface area contributed by atoms with Crippen molar-refractivity contribution in [3.8, 4) is 0 Å². The topological polar surface area (TPSA) is 29.1 Å². The van der Waals surface area contributed by atoms with Gasteiger partial charge in [0.1, 0.15) is 5.38 Å². The number of carbonyl (C=O) groups excluding carboxylic acids is 1. The maximum absolute atomic E-state index is 12.1. The molecule has 98 valence electrons. The molecule has 1 N–H and O–H groups in total. The van der Waals surface area contributed by atoms with Gasteiger partial charge in [0.05, 0.1) is 0 Å². The summed E-state index contributed by atoms with van der Waals surface area (Å²) in [6.07, 6.45) is 2.42. The molecule has 1 aliphatic carbocycles. The second-order valence-electron chi connectivity index (χ2n) is 6.00. The average Bonchev–Trinajstić information content (AvgIpc) is 3.09. The number of carbonyl (C=O) groups is 1. The molecule has 0 bridgehead atoms. The van der Waals surface area contributed by atoms with Crippen molar-refractivity contribution in [3.63, 3.8) is 0 Å². The Labute approximate surface area is 114 Å². The number of rotatable bonds is 3. The second-order valence-corrected chi connectivity index (χ2v) is 6.44. The third kappa shape index (κ3) is 3.26. The number of halogens is 1. The van der Waals surface area contributed by atoms with E-state index in [1.165, 1.54) is 18.4 Å². The lowest BCUT2D eigenvalue weighted by atomic mass is 9.99. The molecular weight excluding hydrogens is 246 g/mol. The highest BCUT2D eigenvalue weighted by Crippen LogP contribution is 2.43. The smallest absolute Gasteiger partial charge is 0.243 e. The van der Waals surface area contributed by atoms with Crippen molar-refractivity contribution in [3.05, 3.63) is 35.4 Å². The molecule has 0 heterocycles. The summed E-state index contributed by atoms with van der Waals surface area (Å²) in [4.78, 5) is 12.1. The summed E-state index contributed by atoms with van der Waals surface area (Å²) in [5.41, 5.74) is 1.95. The van der Waals surface area contributed by atoms with Gasteiger partial charge in [0.25, 0.3) is 0 Å². The zero-order valence-electron chi connectivity index (χ0n) is 11.2. The summed E-state index contributed by atoms with van der Waals surface area (Å²) >= 11 is 6.33. The molecule has 2 rings (SSSR count). The van der Waals surface area contributed by atoms with Crippen molar-refractivity contribution >= 4 is 17.5 Å². The quantitative estimate of drug-likeness (QED) is 0.829. The van der Waals surface area contributed by atoms with Gasteiger partial charge in [0.15, 0.2) is 0 Å². The van der Waals surface area contributed by atoms with Gasteiger partial charge in [-0.1, -0.05) is 24.3 Å². The monoisotopic (exact) mass is 265 g/mol. The Hall–Kier alpha value is -1.02. The van der Waals surface area contributed by atoms with Crippen LogP contribution in [0.15, 0.2) is 24.3 Å². The molecule has 0 saturated heterocycles. The summed E-state index contributed by atoms with van der Waals surface area (Å²) in [5, 5.41) is 2.34. The summed E-state index contributed by atoms with van der Waals surface area (Å²) in [7, 11) is 0. The molecular formula is C15H20ClNO. The molecule has 1 aromatic carbocycles. The molecule has 1 saturated carbocycles. The maximum atomic E-state index is 12.1. The number of hydrogen-bond donors (Lipinski definition) is 1. The first-order valence-corrected chi connectivity index (χ1v) is 6.87. The van der Waals surface area contributed by atoms with E-state index < -0.39 is 5.38 Å². The van der Waals surface area contributed by atoms with Crippen LogP contribution in [0.25, 0.3) is 0 Å². The van der Waals surface area contributed by atoms with E-state index >= 15 is 0 Å². The normalized spacial score (nSPS) is 17.3. The SMILES string of the molecule is CC(C)(C)NC(=O)C(Cl)c1ccccc1C1CC1. The highest BCUT2D eigenvalue weighted by Gasteiger charge is 2.30. The molecule has 1 atom stereocenters. The lowest BCUT2D eigenvalue weighted by Crippen LogP contribution is -2.42. The van der Waals surface area contributed by atoms with Crippen molar-refractivity contribution in [2.75, 3.05) is 0 Å². The lowest BCUT2D eigenvalue weighted by Gasteiger charge is -2.23. The van der Waals surface area contributed by atoms with Gasteiger partial charge in [-0.3, -0.25) is 4.79 Å². The number of hydrogen-bond acceptors (Lipinski definition) is 1. The predicted octanol–water partition coefficient (Wildman–Crippen LogP) is 3.76. The van der Waals surface area contributed by atoms with Crippen LogP contribution in [0, 0.1) is 0 Å². The minimum Gasteiger partial charge on any atom is -0.350 e. The van der Waals surface area contributed by atoms with E-state index in [0.29, 0.717) is 5.92 Å². The molecule has 18 heavy (non-hydrogen) atoms. The fourth-order valence-electron chi connectivity index (χ4n) is 2.08. The van der Waals surface area contributed by atoms with E-state index in [2.05, 4.69) is 11.4 Å². The average molecular weight is 266 g/mol. The van der Waals surface area contributed by atoms with Crippen LogP contribution in [0.3, 0.4) is 0 Å². The Bertz CT molecular complexity index is 446. The molecule has 2 nitrogen and oxygen atoms in total. The molecule has 0 radical (unpaired) electrons. The molecule has 0 spiro atoms. The molecule has 1 fully saturated rings. The summed E-state index contributed by atoms with van der Waals surface area (Å²) in [5.74, 6) is 0.488. The summed E-state index contributed by atoms with van der Waals surface area (Å²) in [6, 6.07) is 8.02. The predicted molar refractivity (Wildman–Crippen MR) is 74.9 cm³/mol. The van der Waals surface area contributed by atoms with E-state index in [1.54, 1.807) is 0 Å². The molecule has 1 aromatic rings. The fourth-order valence-corrected chi connectivity index (χ4v) is 2.34. The van der Waals surface area contributed by atoms with Crippen molar-refractivity contribution in [2.45, 2.75) is 50.4 Å². The highest BCUT2D eigenvalue weighted by atomic mass is 35.5. The van der Waals surface area contributed by atoms with Crippen LogP contribution in [0.2, 0.25) is 0 Å². The van der Waals surface area contributed by atoms with Crippen molar-refractivity contribution in [1.29, 1.82) is 0 Å². The number of nitrogens with one attached hydrogen (secondary N) is 1. The van der Waals surface area contributed by atoms with Gasteiger partial charge in [-0.15, -0.1) is 11.6 Å². The van der Waals surface area contributed by atoms with Crippen LogP contribution in [-0.2, 0) is 4.79 Å². The molecule has 1 unspecified atom stereocenters. The Morgan fingerprint density at radius 1 is 1.33 bits per heavy atom. The van der Waals surface area contributed by atoms with E-state index in [4.69, 9.17) is 11.6 Å². The minimum absolute atomic E-state index is 0.114. The van der Waals surface area contributed by atoms with E-state index in [1.807, 2.05) is 39.0 Å². The Balaban J connectivity index is 2.18. The van der Waals surface area contributed by atoms with E-state index in [0.717, 1.165) is 5.56 Å². The van der Waals surface area contributed by atoms with Crippen LogP contribution in [-0.4, -0.2) is 11.4 Å². The van der Waals surface area contributed by atoms with Gasteiger partial charge in [-0.2, -0.15) is 0 Å². The first-order chi connectivity index (χ1) is 8.38. The van der Waals surface area contributed by atoms with Crippen LogP contribution in [0.5, 0.6) is 0 Å². The van der Waals surface area contributed by atoms with Crippen LogP contribution < -0.4 is 5.32 Å². The van der Waals surface area contributed by atoms with Gasteiger partial charge >= 0.3 is 0 Å². The van der Waals surface area contributed by atoms with Crippen molar-refractivity contribution < 1.29 is 4.79 Å². The van der Waals surface area contributed by atoms with Gasteiger partial charge < -0.3 is 5.32 Å². The van der Waals surface area contributed by atoms with E-state index in [-0.39, 0.29) is 11.4 Å². The number of benzene rings is 1. The van der Waals surface area contributed by atoms with Crippen LogP contribution in [0.4, 0.5) is 0 Å². The highest BCUT2D eigenvalue weighted by molar-refractivity contribution is 6.31. The molecule has 0 aliphatic heterocycles. The van der Waals surface area contributed by atoms with Crippen molar-refractivity contribution in [2.24, 2.45) is 0 Å². The van der Waals surface area contributed by atoms with Gasteiger partial charge in [0, 0.05) is 5.54 Å². The molecule has 0 aromatic heterocycles. The van der Waals surface area contributed by atoms with Crippen molar-refractivity contribution in [1.82, 2.24) is 5.32 Å². The Kier molecular flexibility index (Phi) is 3.67. The minimum atomic E-state index is -0.596. The zero-order valence-corrected chi connectivity index (χ0v) is 11.9. The Morgan fingerprint density at radius 3 is 2.50 bits per heavy atom. The Morgan fingerprint density at radius 2 is 1.94 bits per heavy atom. The fraction of sp³-hybridized carbons (Fsp3) is 0.533. The lowest BCUT2D eigenvalue weighted by molar-refractivity contribution is -0.122.